The molecule has 9 rings (SSSR count). The van der Waals surface area contributed by atoms with Gasteiger partial charge in [-0.25, -0.2) is 0 Å². The van der Waals surface area contributed by atoms with Crippen LogP contribution in [0.3, 0.4) is 0 Å². The number of anilines is 3. The van der Waals surface area contributed by atoms with Gasteiger partial charge in [0, 0.05) is 61.5 Å². The number of aliphatic hydroxyl groups is 1. The molecule has 3 fully saturated rings. The maximum atomic E-state index is 15.9. The predicted octanol–water partition coefficient (Wildman–Crippen LogP) is 8.86. The minimum absolute atomic E-state index is 0.0245. The fourth-order valence-corrected chi connectivity index (χ4v) is 15.7. The number of benzene rings is 4. The van der Waals surface area contributed by atoms with E-state index in [2.05, 4.69) is 54.6 Å². The summed E-state index contributed by atoms with van der Waals surface area (Å²) in [7, 11) is -0.812. The minimum Gasteiger partial charge on any atom is -0.497 e. The summed E-state index contributed by atoms with van der Waals surface area (Å²) < 4.78 is 15.0. The van der Waals surface area contributed by atoms with Crippen LogP contribution in [0.2, 0.25) is 18.6 Å². The molecule has 0 saturated carbocycles. The molecule has 1 N–H and O–H groups in total. The molecule has 3 saturated heterocycles. The quantitative estimate of drug-likeness (QED) is 0.116. The molecular formula is C54H66N6O6Si. The fraction of sp³-hybridized carbons (Fsp3) is 0.463. The second-order valence-corrected chi connectivity index (χ2v) is 24.4. The first kappa shape index (κ1) is 46.5. The van der Waals surface area contributed by atoms with Gasteiger partial charge in [-0.1, -0.05) is 111 Å². The number of amides is 3. The molecule has 5 aromatic rings. The molecule has 67 heavy (non-hydrogen) atoms. The highest BCUT2D eigenvalue weighted by atomic mass is 28.3. The molecule has 12 nitrogen and oxygen atoms in total. The van der Waals surface area contributed by atoms with Gasteiger partial charge in [-0.15, -0.1) is 5.10 Å². The van der Waals surface area contributed by atoms with Crippen molar-refractivity contribution in [2.75, 3.05) is 41.5 Å². The molecule has 352 valence electrons. The summed E-state index contributed by atoms with van der Waals surface area (Å²) in [6.45, 7) is 8.98. The Morgan fingerprint density at radius 1 is 0.806 bits per heavy atom. The summed E-state index contributed by atoms with van der Waals surface area (Å²) in [6.07, 6.45) is 11.1. The molecular weight excluding hydrogens is 857 g/mol. The molecule has 3 amide bonds. The van der Waals surface area contributed by atoms with Crippen molar-refractivity contribution in [1.29, 1.82) is 0 Å². The number of carbonyl (C=O) groups is 3. The minimum atomic E-state index is -2.49. The van der Waals surface area contributed by atoms with Crippen LogP contribution in [0.15, 0.2) is 103 Å². The second kappa shape index (κ2) is 19.9. The van der Waals surface area contributed by atoms with Crippen LogP contribution in [-0.4, -0.2) is 78.8 Å². The zero-order valence-electron chi connectivity index (χ0n) is 39.6. The van der Waals surface area contributed by atoms with E-state index in [1.165, 1.54) is 5.19 Å². The third kappa shape index (κ3) is 9.10. The van der Waals surface area contributed by atoms with Gasteiger partial charge in [0.2, 0.25) is 11.8 Å². The summed E-state index contributed by atoms with van der Waals surface area (Å²) in [6, 6.07) is 32.5. The van der Waals surface area contributed by atoms with Crippen LogP contribution in [0.1, 0.15) is 106 Å². The maximum absolute atomic E-state index is 15.9. The number of hydrogen-bond donors (Lipinski definition) is 1. The lowest BCUT2D eigenvalue weighted by Gasteiger charge is -2.37. The van der Waals surface area contributed by atoms with Gasteiger partial charge in [0.25, 0.3) is 5.91 Å². The van der Waals surface area contributed by atoms with Crippen molar-refractivity contribution in [3.63, 3.8) is 0 Å². The molecule has 4 aromatic carbocycles. The Morgan fingerprint density at radius 3 is 2.15 bits per heavy atom. The highest BCUT2D eigenvalue weighted by Crippen LogP contribution is 2.60. The molecule has 0 bridgehead atoms. The Bertz CT molecular complexity index is 2550. The molecule has 4 aliphatic rings. The number of aromatic nitrogens is 3. The summed E-state index contributed by atoms with van der Waals surface area (Å²) in [5.74, 6) is 0.366. The molecule has 13 heteroatoms. The Hall–Kier alpha value is -5.63. The van der Waals surface area contributed by atoms with Gasteiger partial charge in [0.15, 0.2) is 5.60 Å². The van der Waals surface area contributed by atoms with Gasteiger partial charge in [0.05, 0.1) is 51.7 Å². The number of rotatable bonds is 13. The van der Waals surface area contributed by atoms with Crippen molar-refractivity contribution in [1.82, 2.24) is 15.0 Å². The number of methoxy groups -OCH3 is 1. The van der Waals surface area contributed by atoms with Gasteiger partial charge in [0.1, 0.15) is 5.75 Å². The normalized spacial score (nSPS) is 23.2. The Morgan fingerprint density at radius 2 is 1.48 bits per heavy atom. The van der Waals surface area contributed by atoms with E-state index in [4.69, 9.17) is 9.47 Å². The monoisotopic (exact) mass is 922 g/mol. The van der Waals surface area contributed by atoms with Gasteiger partial charge in [-0.3, -0.25) is 19.1 Å². The van der Waals surface area contributed by atoms with E-state index in [0.717, 1.165) is 90.9 Å². The van der Waals surface area contributed by atoms with Gasteiger partial charge in [-0.2, -0.15) is 0 Å². The van der Waals surface area contributed by atoms with Crippen molar-refractivity contribution >= 4 is 48.0 Å². The van der Waals surface area contributed by atoms with E-state index in [1.54, 1.807) is 7.11 Å². The molecule has 1 unspecified atom stereocenters. The van der Waals surface area contributed by atoms with Gasteiger partial charge >= 0.3 is 0 Å². The van der Waals surface area contributed by atoms with Crippen molar-refractivity contribution in [2.45, 2.75) is 127 Å². The predicted molar refractivity (Wildman–Crippen MR) is 265 cm³/mol. The van der Waals surface area contributed by atoms with Crippen LogP contribution in [0, 0.1) is 5.92 Å². The summed E-state index contributed by atoms with van der Waals surface area (Å²) in [4.78, 5) is 48.9. The Labute approximate surface area is 396 Å². The number of aliphatic hydroxyl groups excluding tert-OH is 1. The third-order valence-electron chi connectivity index (χ3n) is 15.3. The molecule has 0 aliphatic carbocycles. The lowest BCUT2D eigenvalue weighted by molar-refractivity contribution is -0.146. The second-order valence-electron chi connectivity index (χ2n) is 19.7. The van der Waals surface area contributed by atoms with E-state index in [1.807, 2.05) is 98.4 Å². The standard InChI is InChI=1S/C54H66N6O6Si/c1-38-52(67(3,4)44-26-24-43(65-2)25-27-44)49(29-32-57-36-47(55-56-57)45(37-61)40-18-10-9-11-19-40)66-54(38)46-34-42(59-31-15-8-6-13-22-51(59)63)23-28-48(46)60(53(54)64)35-39-17-16-20-41(33-39)58-30-14-7-5-12-21-50(58)62/h9-11,16-20,23-28,33-34,36,38,45,49,52,61H,5-8,12-15,21-22,29-32,35,37H2,1-4H3/t38-,45?,49+,52-,54+/m0/s1. The first-order valence-electron chi connectivity index (χ1n) is 24.6. The van der Waals surface area contributed by atoms with Crippen LogP contribution >= 0.6 is 0 Å². The Kier molecular flexibility index (Phi) is 13.8. The van der Waals surface area contributed by atoms with E-state index in [-0.39, 0.29) is 47.8 Å². The van der Waals surface area contributed by atoms with Crippen LogP contribution in [0.4, 0.5) is 17.1 Å². The number of aryl methyl sites for hydroxylation is 1. The Balaban J connectivity index is 1.11. The van der Waals surface area contributed by atoms with Crippen LogP contribution < -0.4 is 24.6 Å². The zero-order valence-corrected chi connectivity index (χ0v) is 40.6. The van der Waals surface area contributed by atoms with Crippen LogP contribution in [0.5, 0.6) is 5.75 Å². The fourth-order valence-electron chi connectivity index (χ4n) is 11.7. The third-order valence-corrected chi connectivity index (χ3v) is 19.6. The number of fused-ring (bicyclic) bond motifs is 2. The molecule has 5 atom stereocenters. The summed E-state index contributed by atoms with van der Waals surface area (Å²) >= 11 is 0. The molecule has 1 aromatic heterocycles. The summed E-state index contributed by atoms with van der Waals surface area (Å²) in [5.41, 5.74) is 4.47. The van der Waals surface area contributed by atoms with E-state index >= 15 is 4.79 Å². The number of nitrogens with zero attached hydrogens (tertiary/aromatic N) is 6. The number of carbonyl (C=O) groups excluding carboxylic acids is 3. The SMILES string of the molecule is COc1ccc([Si](C)(C)[C@@H]2[C@@H](CCn3cc(C(CO)c4ccccc4)nn3)O[C@]3(C(=O)N(Cc4cccc(N5CCCCCCC5=O)c4)c4ccc(N5CCCCCCC5=O)cc43)[C@H]2C)cc1. The van der Waals surface area contributed by atoms with E-state index in [0.29, 0.717) is 51.1 Å². The molecule has 4 aliphatic heterocycles. The van der Waals surface area contributed by atoms with Crippen LogP contribution in [0.25, 0.3) is 0 Å². The highest BCUT2D eigenvalue weighted by Gasteiger charge is 2.66. The number of ether oxygens (including phenoxy) is 2. The van der Waals surface area contributed by atoms with Crippen molar-refractivity contribution in [3.8, 4) is 5.75 Å². The molecule has 0 radical (unpaired) electrons. The first-order valence-corrected chi connectivity index (χ1v) is 27.7. The zero-order chi connectivity index (χ0) is 46.7. The maximum Gasteiger partial charge on any atom is 0.264 e. The summed E-state index contributed by atoms with van der Waals surface area (Å²) in [5, 5.41) is 20.8. The molecule has 1 spiro atoms. The first-order chi connectivity index (χ1) is 32.5. The smallest absolute Gasteiger partial charge is 0.264 e. The van der Waals surface area contributed by atoms with E-state index < -0.39 is 13.7 Å². The lowest BCUT2D eigenvalue weighted by atomic mass is 9.82. The van der Waals surface area contributed by atoms with Crippen LogP contribution in [-0.2, 0) is 37.8 Å². The van der Waals surface area contributed by atoms with Crippen molar-refractivity contribution in [3.05, 3.63) is 126 Å². The lowest BCUT2D eigenvalue weighted by Crippen LogP contribution is -2.51. The van der Waals surface area contributed by atoms with Gasteiger partial charge in [-0.05, 0) is 91.2 Å². The average Bonchev–Trinajstić information content (AvgIpc) is 3.99. The number of hydrogen-bond acceptors (Lipinski definition) is 8. The highest BCUT2D eigenvalue weighted by molar-refractivity contribution is 6.91. The largest absolute Gasteiger partial charge is 0.497 e. The van der Waals surface area contributed by atoms with Crippen molar-refractivity contribution in [2.24, 2.45) is 5.92 Å². The molecule has 5 heterocycles. The van der Waals surface area contributed by atoms with Crippen molar-refractivity contribution < 1.29 is 29.0 Å². The van der Waals surface area contributed by atoms with Gasteiger partial charge < -0.3 is 29.3 Å². The van der Waals surface area contributed by atoms with E-state index in [9.17, 15) is 14.7 Å². The topological polar surface area (TPSA) is 130 Å². The average molecular weight is 923 g/mol.